The summed E-state index contributed by atoms with van der Waals surface area (Å²) < 4.78 is 22.9. The summed E-state index contributed by atoms with van der Waals surface area (Å²) in [4.78, 5) is 13.9. The molecule has 0 radical (unpaired) electrons. The molecule has 0 spiro atoms. The molecule has 1 fully saturated rings. The van der Waals surface area contributed by atoms with E-state index in [4.69, 9.17) is 0 Å². The first-order chi connectivity index (χ1) is 7.64. The predicted molar refractivity (Wildman–Crippen MR) is 68.5 cm³/mol. The van der Waals surface area contributed by atoms with Crippen LogP contribution in [0, 0.1) is 5.41 Å². The maximum absolute atomic E-state index is 12.1. The third kappa shape index (κ3) is 4.30. The molecule has 100 valence electrons. The first-order valence-electron chi connectivity index (χ1n) is 6.14. The Balaban J connectivity index is 2.70. The number of hydrogen-bond donors (Lipinski definition) is 0. The molecule has 0 aromatic carbocycles. The molecule has 1 atom stereocenters. The highest BCUT2D eigenvalue weighted by molar-refractivity contribution is 7.91. The maximum Gasteiger partial charge on any atom is 0.223 e. The van der Waals surface area contributed by atoms with Crippen LogP contribution in [0.5, 0.6) is 0 Å². The van der Waals surface area contributed by atoms with Crippen LogP contribution in [0.1, 0.15) is 40.5 Å². The van der Waals surface area contributed by atoms with E-state index in [1.54, 1.807) is 4.90 Å². The minimum absolute atomic E-state index is 0.0536. The molecule has 1 rings (SSSR count). The van der Waals surface area contributed by atoms with Crippen LogP contribution in [0.15, 0.2) is 0 Å². The summed E-state index contributed by atoms with van der Waals surface area (Å²) in [7, 11) is -2.92. The van der Waals surface area contributed by atoms with Crippen molar-refractivity contribution >= 4 is 15.7 Å². The van der Waals surface area contributed by atoms with E-state index in [1.807, 2.05) is 27.7 Å². The maximum atomic E-state index is 12.1. The fraction of sp³-hybridized carbons (Fsp3) is 0.917. The fourth-order valence-electron chi connectivity index (χ4n) is 2.21. The van der Waals surface area contributed by atoms with Gasteiger partial charge in [-0.3, -0.25) is 4.79 Å². The van der Waals surface area contributed by atoms with E-state index in [9.17, 15) is 13.2 Å². The monoisotopic (exact) mass is 261 g/mol. The van der Waals surface area contributed by atoms with Crippen LogP contribution in [0.4, 0.5) is 0 Å². The minimum Gasteiger partial charge on any atom is -0.339 e. The van der Waals surface area contributed by atoms with Gasteiger partial charge in [0.25, 0.3) is 0 Å². The summed E-state index contributed by atoms with van der Waals surface area (Å²) in [5.74, 6) is 0.426. The smallest absolute Gasteiger partial charge is 0.223 e. The van der Waals surface area contributed by atoms with Gasteiger partial charge in [-0.1, -0.05) is 20.8 Å². The third-order valence-electron chi connectivity index (χ3n) is 2.99. The fourth-order valence-corrected chi connectivity index (χ4v) is 3.95. The molecule has 1 saturated heterocycles. The molecule has 17 heavy (non-hydrogen) atoms. The summed E-state index contributed by atoms with van der Waals surface area (Å²) in [6, 6.07) is -0.111. The Kier molecular flexibility index (Phi) is 4.23. The average Bonchev–Trinajstić information content (AvgIpc) is 2.44. The predicted octanol–water partition coefficient (Wildman–Crippen LogP) is 1.46. The van der Waals surface area contributed by atoms with Gasteiger partial charge in [-0.25, -0.2) is 8.42 Å². The van der Waals surface area contributed by atoms with E-state index in [0.717, 1.165) is 0 Å². The van der Waals surface area contributed by atoms with Crippen molar-refractivity contribution in [2.24, 2.45) is 5.41 Å². The first-order valence-corrected chi connectivity index (χ1v) is 7.96. The van der Waals surface area contributed by atoms with Crippen molar-refractivity contribution < 1.29 is 13.2 Å². The van der Waals surface area contributed by atoms with Crippen molar-refractivity contribution in [3.05, 3.63) is 0 Å². The van der Waals surface area contributed by atoms with Crippen molar-refractivity contribution in [2.75, 3.05) is 18.1 Å². The van der Waals surface area contributed by atoms with Crippen molar-refractivity contribution in [3.63, 3.8) is 0 Å². The second-order valence-electron chi connectivity index (χ2n) is 5.97. The Bertz CT molecular complexity index is 381. The van der Waals surface area contributed by atoms with Crippen molar-refractivity contribution in [2.45, 2.75) is 46.6 Å². The third-order valence-corrected chi connectivity index (χ3v) is 4.74. The van der Waals surface area contributed by atoms with Gasteiger partial charge in [0, 0.05) is 19.0 Å². The van der Waals surface area contributed by atoms with Gasteiger partial charge >= 0.3 is 0 Å². The average molecular weight is 261 g/mol. The summed E-state index contributed by atoms with van der Waals surface area (Å²) >= 11 is 0. The van der Waals surface area contributed by atoms with Crippen LogP contribution in [-0.4, -0.2) is 43.3 Å². The Morgan fingerprint density at radius 3 is 2.29 bits per heavy atom. The number of nitrogens with zero attached hydrogens (tertiary/aromatic N) is 1. The van der Waals surface area contributed by atoms with Crippen LogP contribution >= 0.6 is 0 Å². The van der Waals surface area contributed by atoms with Gasteiger partial charge in [-0.15, -0.1) is 0 Å². The highest BCUT2D eigenvalue weighted by Crippen LogP contribution is 2.23. The molecule has 0 aliphatic carbocycles. The van der Waals surface area contributed by atoms with Gasteiger partial charge in [-0.2, -0.15) is 0 Å². The summed E-state index contributed by atoms with van der Waals surface area (Å²) in [6.07, 6.45) is 1.06. The van der Waals surface area contributed by atoms with Gasteiger partial charge in [0.05, 0.1) is 11.5 Å². The number of rotatable bonds is 3. The van der Waals surface area contributed by atoms with Gasteiger partial charge in [0.2, 0.25) is 5.91 Å². The number of carbonyl (C=O) groups excluding carboxylic acids is 1. The summed E-state index contributed by atoms with van der Waals surface area (Å²) in [6.45, 7) is 8.55. The molecule has 0 bridgehead atoms. The lowest BCUT2D eigenvalue weighted by Gasteiger charge is -2.30. The highest BCUT2D eigenvalue weighted by Gasteiger charge is 2.34. The largest absolute Gasteiger partial charge is 0.339 e. The summed E-state index contributed by atoms with van der Waals surface area (Å²) in [5, 5.41) is 0. The zero-order valence-electron chi connectivity index (χ0n) is 11.2. The molecule has 0 aromatic heterocycles. The van der Waals surface area contributed by atoms with Crippen LogP contribution in [0.3, 0.4) is 0 Å². The quantitative estimate of drug-likeness (QED) is 0.773. The Morgan fingerprint density at radius 1 is 1.35 bits per heavy atom. The van der Waals surface area contributed by atoms with Crippen molar-refractivity contribution in [3.8, 4) is 0 Å². The van der Waals surface area contributed by atoms with E-state index >= 15 is 0 Å². The minimum atomic E-state index is -2.92. The molecule has 0 N–H and O–H groups in total. The zero-order chi connectivity index (χ0) is 13.3. The standard InChI is InChI=1S/C12H23NO3S/c1-5-13(11(14)8-12(2,3)4)10-6-7-17(15,16)9-10/h10H,5-9H2,1-4H3. The number of amides is 1. The second-order valence-corrected chi connectivity index (χ2v) is 8.20. The molecule has 1 aliphatic rings. The van der Waals surface area contributed by atoms with E-state index in [0.29, 0.717) is 19.4 Å². The van der Waals surface area contributed by atoms with E-state index < -0.39 is 9.84 Å². The van der Waals surface area contributed by atoms with Gasteiger partial charge in [0.1, 0.15) is 0 Å². The number of carbonyl (C=O) groups is 1. The zero-order valence-corrected chi connectivity index (χ0v) is 12.0. The summed E-state index contributed by atoms with van der Waals surface area (Å²) in [5.41, 5.74) is -0.0536. The second kappa shape index (κ2) is 4.96. The normalized spacial score (nSPS) is 23.6. The molecule has 1 amide bonds. The molecule has 5 heteroatoms. The molecule has 1 aliphatic heterocycles. The van der Waals surface area contributed by atoms with Gasteiger partial charge in [-0.05, 0) is 18.8 Å². The Hall–Kier alpha value is -0.580. The van der Waals surface area contributed by atoms with Gasteiger partial charge in [0.15, 0.2) is 9.84 Å². The molecule has 1 unspecified atom stereocenters. The number of sulfone groups is 1. The Morgan fingerprint density at radius 2 is 1.94 bits per heavy atom. The van der Waals surface area contributed by atoms with Crippen LogP contribution in [0.2, 0.25) is 0 Å². The lowest BCUT2D eigenvalue weighted by Crippen LogP contribution is -2.42. The molecular formula is C12H23NO3S. The first kappa shape index (κ1) is 14.5. The van der Waals surface area contributed by atoms with Crippen molar-refractivity contribution in [1.82, 2.24) is 4.90 Å². The van der Waals surface area contributed by atoms with Crippen LogP contribution in [-0.2, 0) is 14.6 Å². The van der Waals surface area contributed by atoms with Crippen LogP contribution < -0.4 is 0 Å². The lowest BCUT2D eigenvalue weighted by molar-refractivity contribution is -0.134. The molecule has 1 heterocycles. The molecular weight excluding hydrogens is 238 g/mol. The molecule has 0 saturated carbocycles. The van der Waals surface area contributed by atoms with Gasteiger partial charge < -0.3 is 4.90 Å². The SMILES string of the molecule is CCN(C(=O)CC(C)(C)C)C1CCS(=O)(=O)C1. The Labute approximate surface area is 104 Å². The number of hydrogen-bond acceptors (Lipinski definition) is 3. The van der Waals surface area contributed by atoms with E-state index in [1.165, 1.54) is 0 Å². The van der Waals surface area contributed by atoms with Crippen LogP contribution in [0.25, 0.3) is 0 Å². The topological polar surface area (TPSA) is 54.5 Å². The van der Waals surface area contributed by atoms with E-state index in [2.05, 4.69) is 0 Å². The van der Waals surface area contributed by atoms with E-state index in [-0.39, 0.29) is 28.9 Å². The molecule has 0 aromatic rings. The van der Waals surface area contributed by atoms with Crippen molar-refractivity contribution in [1.29, 1.82) is 0 Å². The lowest BCUT2D eigenvalue weighted by atomic mass is 9.91. The highest BCUT2D eigenvalue weighted by atomic mass is 32.2. The molecule has 4 nitrogen and oxygen atoms in total.